The molecule has 2 saturated carbocycles. The van der Waals surface area contributed by atoms with Crippen LogP contribution in [0.1, 0.15) is 66.6 Å². The van der Waals surface area contributed by atoms with Gasteiger partial charge in [0.1, 0.15) is 17.1 Å². The van der Waals surface area contributed by atoms with Gasteiger partial charge in [-0.2, -0.15) is 23.4 Å². The van der Waals surface area contributed by atoms with E-state index in [1.165, 1.54) is 23.0 Å². The van der Waals surface area contributed by atoms with Gasteiger partial charge in [0.25, 0.3) is 5.91 Å². The van der Waals surface area contributed by atoms with Gasteiger partial charge < -0.3 is 11.5 Å². The summed E-state index contributed by atoms with van der Waals surface area (Å²) < 4.78 is 42.7. The maximum atomic E-state index is 13.2. The summed E-state index contributed by atoms with van der Waals surface area (Å²) in [6, 6.07) is 3.64. The SMILES string of the molecule is CC#CC(=O)C1CC[C@]2(C1)C[C@H](n1nc(-c3cnn(Cc4cccc(C(F)(F)F)c4Cl)c3)c(C(N)=O)c1N)C2. The summed E-state index contributed by atoms with van der Waals surface area (Å²) in [6.07, 6.45) is 2.47. The number of carbonyl (C=O) groups is 2. The van der Waals surface area contributed by atoms with Crippen LogP contribution in [0.3, 0.4) is 0 Å². The van der Waals surface area contributed by atoms with Crippen molar-refractivity contribution in [3.05, 3.63) is 52.3 Å². The highest BCUT2D eigenvalue weighted by atomic mass is 35.5. The molecular formula is C27H26ClF3N6O2. The van der Waals surface area contributed by atoms with Gasteiger partial charge in [0.05, 0.1) is 29.4 Å². The molecule has 1 spiro atoms. The minimum Gasteiger partial charge on any atom is -0.383 e. The Labute approximate surface area is 227 Å². The highest BCUT2D eigenvalue weighted by Crippen LogP contribution is 2.60. The van der Waals surface area contributed by atoms with Crippen LogP contribution >= 0.6 is 11.6 Å². The number of ketones is 1. The second-order valence-corrected chi connectivity index (χ2v) is 10.7. The van der Waals surface area contributed by atoms with E-state index in [0.29, 0.717) is 5.56 Å². The monoisotopic (exact) mass is 558 g/mol. The van der Waals surface area contributed by atoms with Crippen LogP contribution in [0.2, 0.25) is 5.02 Å². The second kappa shape index (κ2) is 9.75. The Bertz CT molecular complexity index is 1520. The summed E-state index contributed by atoms with van der Waals surface area (Å²) in [7, 11) is 0. The third kappa shape index (κ3) is 4.89. The molecule has 1 unspecified atom stereocenters. The molecule has 0 bridgehead atoms. The van der Waals surface area contributed by atoms with Crippen LogP contribution in [-0.2, 0) is 17.5 Å². The molecule has 8 nitrogen and oxygen atoms in total. The van der Waals surface area contributed by atoms with Gasteiger partial charge in [-0.1, -0.05) is 29.7 Å². The van der Waals surface area contributed by atoms with E-state index >= 15 is 0 Å². The van der Waals surface area contributed by atoms with Crippen molar-refractivity contribution in [3.8, 4) is 23.1 Å². The van der Waals surface area contributed by atoms with Crippen molar-refractivity contribution in [2.45, 2.75) is 57.8 Å². The third-order valence-corrected chi connectivity index (χ3v) is 8.27. The predicted molar refractivity (Wildman–Crippen MR) is 138 cm³/mol. The molecule has 2 heterocycles. The smallest absolute Gasteiger partial charge is 0.383 e. The number of nitrogens with zero attached hydrogens (tertiary/aromatic N) is 4. The number of halogens is 4. The lowest BCUT2D eigenvalue weighted by atomic mass is 9.64. The number of aromatic nitrogens is 4. The third-order valence-electron chi connectivity index (χ3n) is 7.82. The normalized spacial score (nSPS) is 22.4. The molecule has 0 radical (unpaired) electrons. The number of carbonyl (C=O) groups excluding carboxylic acids is 2. The maximum absolute atomic E-state index is 13.2. The molecule has 1 aromatic carbocycles. The fourth-order valence-corrected chi connectivity index (χ4v) is 6.27. The number of benzene rings is 1. The molecule has 2 aromatic heterocycles. The van der Waals surface area contributed by atoms with Gasteiger partial charge >= 0.3 is 6.18 Å². The first-order valence-electron chi connectivity index (χ1n) is 12.4. The summed E-state index contributed by atoms with van der Waals surface area (Å²) in [5.41, 5.74) is 12.1. The molecule has 2 fully saturated rings. The Morgan fingerprint density at radius 2 is 2.00 bits per heavy atom. The fourth-order valence-electron chi connectivity index (χ4n) is 5.98. The number of hydrogen-bond donors (Lipinski definition) is 2. The average Bonchev–Trinajstić information content (AvgIpc) is 3.56. The lowest BCUT2D eigenvalue weighted by Gasteiger charge is -2.45. The van der Waals surface area contributed by atoms with Gasteiger partial charge in [-0.3, -0.25) is 14.3 Å². The zero-order valence-corrected chi connectivity index (χ0v) is 21.8. The average molecular weight is 559 g/mol. The number of hydrogen-bond acceptors (Lipinski definition) is 5. The highest BCUT2D eigenvalue weighted by molar-refractivity contribution is 6.32. The van der Waals surface area contributed by atoms with E-state index in [1.807, 2.05) is 0 Å². The largest absolute Gasteiger partial charge is 0.417 e. The summed E-state index contributed by atoms with van der Waals surface area (Å²) in [6.45, 7) is 1.62. The first-order valence-corrected chi connectivity index (χ1v) is 12.8. The zero-order valence-electron chi connectivity index (χ0n) is 21.1. The molecule has 12 heteroatoms. The quantitative estimate of drug-likeness (QED) is 0.330. The Hall–Kier alpha value is -3.78. The number of amides is 1. The van der Waals surface area contributed by atoms with Crippen LogP contribution in [0.15, 0.2) is 30.6 Å². The van der Waals surface area contributed by atoms with Crippen LogP contribution in [-0.4, -0.2) is 31.3 Å². The summed E-state index contributed by atoms with van der Waals surface area (Å²) in [5.74, 6) is 4.66. The van der Waals surface area contributed by atoms with Gasteiger partial charge in [0.15, 0.2) is 0 Å². The highest BCUT2D eigenvalue weighted by Gasteiger charge is 2.51. The van der Waals surface area contributed by atoms with Crippen molar-refractivity contribution >= 4 is 29.1 Å². The number of Topliss-reactive ketones (excluding diaryl/α,β-unsaturated/α-hetero) is 1. The molecule has 1 atom stereocenters. The Morgan fingerprint density at radius 3 is 2.67 bits per heavy atom. The van der Waals surface area contributed by atoms with Crippen molar-refractivity contribution in [2.75, 3.05) is 5.73 Å². The molecule has 1 amide bonds. The number of alkyl halides is 3. The molecule has 4 N–H and O–H groups in total. The van der Waals surface area contributed by atoms with Crippen LogP contribution in [0.5, 0.6) is 0 Å². The van der Waals surface area contributed by atoms with Gasteiger partial charge in [0.2, 0.25) is 5.78 Å². The number of rotatable bonds is 6. The number of nitrogens with two attached hydrogens (primary N) is 2. The summed E-state index contributed by atoms with van der Waals surface area (Å²) in [4.78, 5) is 24.6. The van der Waals surface area contributed by atoms with Crippen molar-refractivity contribution in [2.24, 2.45) is 17.1 Å². The first-order chi connectivity index (χ1) is 18.4. The van der Waals surface area contributed by atoms with E-state index in [0.717, 1.165) is 38.2 Å². The van der Waals surface area contributed by atoms with E-state index in [9.17, 15) is 22.8 Å². The molecule has 39 heavy (non-hydrogen) atoms. The minimum atomic E-state index is -4.58. The predicted octanol–water partition coefficient (Wildman–Crippen LogP) is 4.86. The second-order valence-electron chi connectivity index (χ2n) is 10.4. The van der Waals surface area contributed by atoms with E-state index in [4.69, 9.17) is 23.1 Å². The molecule has 2 aliphatic rings. The number of anilines is 1. The maximum Gasteiger partial charge on any atom is 0.417 e. The van der Waals surface area contributed by atoms with Crippen LogP contribution in [0.4, 0.5) is 19.0 Å². The van der Waals surface area contributed by atoms with E-state index in [1.54, 1.807) is 17.8 Å². The molecule has 0 saturated heterocycles. The van der Waals surface area contributed by atoms with Crippen molar-refractivity contribution in [1.82, 2.24) is 19.6 Å². The van der Waals surface area contributed by atoms with E-state index < -0.39 is 22.7 Å². The van der Waals surface area contributed by atoms with E-state index in [2.05, 4.69) is 22.0 Å². The molecule has 3 aromatic rings. The van der Waals surface area contributed by atoms with Crippen LogP contribution < -0.4 is 11.5 Å². The molecular weight excluding hydrogens is 533 g/mol. The van der Waals surface area contributed by atoms with Crippen LogP contribution in [0, 0.1) is 23.2 Å². The number of nitrogen functional groups attached to an aromatic ring is 1. The van der Waals surface area contributed by atoms with Crippen LogP contribution in [0.25, 0.3) is 11.3 Å². The van der Waals surface area contributed by atoms with E-state index in [-0.39, 0.29) is 52.3 Å². The van der Waals surface area contributed by atoms with Gasteiger partial charge in [-0.25, -0.2) is 4.68 Å². The Kier molecular flexibility index (Phi) is 6.71. The fraction of sp³-hybridized carbons (Fsp3) is 0.407. The van der Waals surface area contributed by atoms with Crippen molar-refractivity contribution < 1.29 is 22.8 Å². The van der Waals surface area contributed by atoms with Gasteiger partial charge in [0, 0.05) is 17.7 Å². The summed E-state index contributed by atoms with van der Waals surface area (Å²) >= 11 is 6.03. The lowest BCUT2D eigenvalue weighted by molar-refractivity contribution is -0.137. The molecule has 5 rings (SSSR count). The standard InChI is InChI=1S/C27H26ClF3N6O2/c1-2-4-20(38)15-7-8-26(9-15)10-18(11-26)37-24(32)21(25(33)39)23(35-37)17-12-34-36(14-17)13-16-5-3-6-19(22(16)28)27(29,30)31/h3,5-6,12,14-15,18H,7-11,13,32H2,1H3,(H2,33,39)/t15?,18-,26-. The topological polar surface area (TPSA) is 122 Å². The Morgan fingerprint density at radius 1 is 1.26 bits per heavy atom. The van der Waals surface area contributed by atoms with Gasteiger partial charge in [-0.05, 0) is 62.0 Å². The molecule has 204 valence electrons. The zero-order chi connectivity index (χ0) is 28.1. The summed E-state index contributed by atoms with van der Waals surface area (Å²) in [5, 5.41) is 8.45. The lowest BCUT2D eigenvalue weighted by Crippen LogP contribution is -2.38. The van der Waals surface area contributed by atoms with Crippen molar-refractivity contribution in [1.29, 1.82) is 0 Å². The van der Waals surface area contributed by atoms with Gasteiger partial charge in [-0.15, -0.1) is 0 Å². The van der Waals surface area contributed by atoms with Crippen molar-refractivity contribution in [3.63, 3.8) is 0 Å². The number of primary amides is 1. The molecule has 0 aliphatic heterocycles. The molecule has 2 aliphatic carbocycles. The Balaban J connectivity index is 1.37. The first kappa shape index (κ1) is 26.8. The minimum absolute atomic E-state index is 0.0156.